The molecule has 3 nitrogen and oxygen atoms in total. The Morgan fingerprint density at radius 1 is 1.56 bits per heavy atom. The lowest BCUT2D eigenvalue weighted by Crippen LogP contribution is -2.50. The monoisotopic (exact) mass is 259 g/mol. The van der Waals surface area contributed by atoms with E-state index in [-0.39, 0.29) is 13.0 Å². The molecule has 0 aromatic rings. The maximum Gasteiger partial charge on any atom is 0.419 e. The van der Waals surface area contributed by atoms with Crippen LogP contribution in [0.25, 0.3) is 0 Å². The lowest BCUT2D eigenvalue weighted by atomic mass is 10.0. The molecule has 94 valence electrons. The van der Waals surface area contributed by atoms with E-state index in [0.717, 1.165) is 12.0 Å². The maximum atomic E-state index is 12.8. The number of halogens is 4. The van der Waals surface area contributed by atoms with Gasteiger partial charge in [-0.3, -0.25) is 4.79 Å². The van der Waals surface area contributed by atoms with Gasteiger partial charge in [-0.1, -0.05) is 0 Å². The van der Waals surface area contributed by atoms with Gasteiger partial charge in [0.2, 0.25) is 5.91 Å². The van der Waals surface area contributed by atoms with Crippen molar-refractivity contribution in [2.75, 3.05) is 20.2 Å². The van der Waals surface area contributed by atoms with Crippen LogP contribution in [0, 0.1) is 0 Å². The van der Waals surface area contributed by atoms with E-state index in [1.165, 1.54) is 6.92 Å². The summed E-state index contributed by atoms with van der Waals surface area (Å²) in [4.78, 5) is 12.5. The van der Waals surface area contributed by atoms with Crippen molar-refractivity contribution in [2.45, 2.75) is 30.5 Å². The molecule has 16 heavy (non-hydrogen) atoms. The molecular weight excluding hydrogens is 247 g/mol. The Bertz CT molecular complexity index is 282. The first kappa shape index (κ1) is 13.6. The first-order chi connectivity index (χ1) is 7.23. The van der Waals surface area contributed by atoms with Crippen LogP contribution in [0.15, 0.2) is 0 Å². The van der Waals surface area contributed by atoms with Crippen LogP contribution < -0.4 is 0 Å². The van der Waals surface area contributed by atoms with Crippen molar-refractivity contribution in [3.8, 4) is 0 Å². The molecule has 1 fully saturated rings. The van der Waals surface area contributed by atoms with Gasteiger partial charge in [0.05, 0.1) is 6.54 Å². The lowest BCUT2D eigenvalue weighted by molar-refractivity contribution is -0.263. The second kappa shape index (κ2) is 4.41. The van der Waals surface area contributed by atoms with Gasteiger partial charge in [0, 0.05) is 20.1 Å². The fraction of sp³-hybridized carbons (Fsp3) is 0.889. The Morgan fingerprint density at radius 2 is 2.12 bits per heavy atom. The molecule has 0 bridgehead atoms. The lowest BCUT2D eigenvalue weighted by Gasteiger charge is -2.30. The van der Waals surface area contributed by atoms with Gasteiger partial charge in [-0.2, -0.15) is 13.2 Å². The number of likely N-dealkylation sites (tertiary alicyclic amines) is 1. The van der Waals surface area contributed by atoms with Crippen molar-refractivity contribution >= 4 is 17.5 Å². The Morgan fingerprint density at radius 3 is 2.44 bits per heavy atom. The Labute approximate surface area is 96.5 Å². The number of rotatable bonds is 2. The van der Waals surface area contributed by atoms with Crippen molar-refractivity contribution in [2.24, 2.45) is 0 Å². The zero-order valence-electron chi connectivity index (χ0n) is 8.97. The van der Waals surface area contributed by atoms with Crippen molar-refractivity contribution in [3.05, 3.63) is 0 Å². The number of hydrogen-bond acceptors (Lipinski definition) is 2. The van der Waals surface area contributed by atoms with Gasteiger partial charge < -0.3 is 9.64 Å². The minimum Gasteiger partial charge on any atom is -0.367 e. The minimum absolute atomic E-state index is 0.0171. The zero-order chi connectivity index (χ0) is 12.6. The van der Waals surface area contributed by atoms with Crippen molar-refractivity contribution in [1.29, 1.82) is 0 Å². The maximum absolute atomic E-state index is 12.8. The number of carbonyl (C=O) groups excluding carboxylic acids is 1. The molecule has 1 amide bonds. The van der Waals surface area contributed by atoms with E-state index in [1.54, 1.807) is 0 Å². The fourth-order valence-corrected chi connectivity index (χ4v) is 1.87. The van der Waals surface area contributed by atoms with E-state index in [0.29, 0.717) is 0 Å². The average molecular weight is 260 g/mol. The molecular formula is C9H13ClF3NO2. The standard InChI is InChI=1S/C9H13ClF3NO2/c1-6(10)7(15)14-4-3-8(5-14,16-2)9(11,12)13/h6H,3-5H2,1-2H3. The summed E-state index contributed by atoms with van der Waals surface area (Å²) < 4.78 is 42.8. The van der Waals surface area contributed by atoms with Gasteiger partial charge in [-0.05, 0) is 6.92 Å². The number of alkyl halides is 4. The molecule has 7 heteroatoms. The highest BCUT2D eigenvalue weighted by atomic mass is 35.5. The molecule has 0 radical (unpaired) electrons. The van der Waals surface area contributed by atoms with Crippen molar-refractivity contribution in [3.63, 3.8) is 0 Å². The van der Waals surface area contributed by atoms with Gasteiger partial charge in [0.15, 0.2) is 5.60 Å². The van der Waals surface area contributed by atoms with Gasteiger partial charge in [-0.15, -0.1) is 11.6 Å². The van der Waals surface area contributed by atoms with Crippen LogP contribution in [-0.2, 0) is 9.53 Å². The summed E-state index contributed by atoms with van der Waals surface area (Å²) in [5, 5.41) is -0.819. The molecule has 1 saturated heterocycles. The van der Waals surface area contributed by atoms with E-state index in [1.807, 2.05) is 0 Å². The van der Waals surface area contributed by atoms with E-state index < -0.39 is 29.6 Å². The smallest absolute Gasteiger partial charge is 0.367 e. The summed E-state index contributed by atoms with van der Waals surface area (Å²) >= 11 is 5.55. The summed E-state index contributed by atoms with van der Waals surface area (Å²) in [7, 11) is 1.01. The van der Waals surface area contributed by atoms with Crippen LogP contribution in [-0.4, -0.2) is 48.2 Å². The fourth-order valence-electron chi connectivity index (χ4n) is 1.74. The molecule has 0 aromatic carbocycles. The molecule has 1 aliphatic heterocycles. The van der Waals surface area contributed by atoms with Crippen LogP contribution in [0.4, 0.5) is 13.2 Å². The van der Waals surface area contributed by atoms with Crippen LogP contribution in [0.5, 0.6) is 0 Å². The van der Waals surface area contributed by atoms with Crippen molar-refractivity contribution in [1.82, 2.24) is 4.90 Å². The molecule has 0 spiro atoms. The SMILES string of the molecule is COC1(C(F)(F)F)CCN(C(=O)C(C)Cl)C1. The van der Waals surface area contributed by atoms with Gasteiger partial charge in [0.25, 0.3) is 0 Å². The van der Waals surface area contributed by atoms with E-state index in [9.17, 15) is 18.0 Å². The third kappa shape index (κ3) is 2.27. The number of hydrogen-bond donors (Lipinski definition) is 0. The van der Waals surface area contributed by atoms with Crippen LogP contribution in [0.3, 0.4) is 0 Å². The molecule has 2 atom stereocenters. The van der Waals surface area contributed by atoms with E-state index in [2.05, 4.69) is 4.74 Å². The van der Waals surface area contributed by atoms with Gasteiger partial charge >= 0.3 is 6.18 Å². The number of nitrogens with zero attached hydrogens (tertiary/aromatic N) is 1. The van der Waals surface area contributed by atoms with Crippen LogP contribution >= 0.6 is 11.6 Å². The second-order valence-electron chi connectivity index (χ2n) is 3.82. The Kier molecular flexibility index (Phi) is 3.74. The highest BCUT2D eigenvalue weighted by Gasteiger charge is 2.59. The largest absolute Gasteiger partial charge is 0.419 e. The molecule has 0 aliphatic carbocycles. The average Bonchev–Trinajstić information content (AvgIpc) is 2.60. The summed E-state index contributed by atoms with van der Waals surface area (Å²) in [6, 6.07) is 0. The quantitative estimate of drug-likeness (QED) is 0.708. The molecule has 0 saturated carbocycles. The highest BCUT2D eigenvalue weighted by molar-refractivity contribution is 6.30. The summed E-state index contributed by atoms with van der Waals surface area (Å²) in [6.45, 7) is 0.969. The zero-order valence-corrected chi connectivity index (χ0v) is 9.73. The Hall–Kier alpha value is -0.490. The first-order valence-corrected chi connectivity index (χ1v) is 5.22. The second-order valence-corrected chi connectivity index (χ2v) is 4.48. The summed E-state index contributed by atoms with van der Waals surface area (Å²) in [5.41, 5.74) is -2.24. The molecule has 2 unspecified atom stereocenters. The third-order valence-electron chi connectivity index (χ3n) is 2.79. The van der Waals surface area contributed by atoms with Crippen molar-refractivity contribution < 1.29 is 22.7 Å². The number of ether oxygens (including phenoxy) is 1. The number of carbonyl (C=O) groups is 1. The van der Waals surface area contributed by atoms with Gasteiger partial charge in [-0.25, -0.2) is 0 Å². The summed E-state index contributed by atoms with van der Waals surface area (Å²) in [5.74, 6) is -0.496. The van der Waals surface area contributed by atoms with Gasteiger partial charge in [0.1, 0.15) is 5.38 Å². The third-order valence-corrected chi connectivity index (χ3v) is 2.98. The molecule has 1 heterocycles. The summed E-state index contributed by atoms with van der Waals surface area (Å²) in [6.07, 6.45) is -4.73. The van der Waals surface area contributed by atoms with E-state index >= 15 is 0 Å². The number of amides is 1. The topological polar surface area (TPSA) is 29.5 Å². The Balaban J connectivity index is 2.80. The predicted molar refractivity (Wildman–Crippen MR) is 52.3 cm³/mol. The molecule has 1 rings (SSSR count). The van der Waals surface area contributed by atoms with Crippen LogP contribution in [0.2, 0.25) is 0 Å². The number of methoxy groups -OCH3 is 1. The van der Waals surface area contributed by atoms with Crippen LogP contribution in [0.1, 0.15) is 13.3 Å². The predicted octanol–water partition coefficient (Wildman–Crippen LogP) is 1.79. The highest BCUT2D eigenvalue weighted by Crippen LogP contribution is 2.40. The molecule has 0 aromatic heterocycles. The minimum atomic E-state index is -4.48. The van der Waals surface area contributed by atoms with E-state index in [4.69, 9.17) is 11.6 Å². The normalized spacial score (nSPS) is 28.2. The first-order valence-electron chi connectivity index (χ1n) is 4.78. The molecule has 1 aliphatic rings. The molecule has 0 N–H and O–H groups in total.